The Morgan fingerprint density at radius 2 is 1.31 bits per heavy atom. The van der Waals surface area contributed by atoms with E-state index in [1.165, 1.54) is 50.0 Å². The molecule has 0 spiro atoms. The van der Waals surface area contributed by atoms with Crippen molar-refractivity contribution in [2.24, 2.45) is 5.92 Å². The summed E-state index contributed by atoms with van der Waals surface area (Å²) in [5.41, 5.74) is -0.609. The second-order valence-electron chi connectivity index (χ2n) is 12.6. The molecule has 0 aromatic carbocycles. The molecule has 0 radical (unpaired) electrons. The second-order valence-corrected chi connectivity index (χ2v) is 12.6. The largest absolute Gasteiger partial charge is 0.481 e. The number of hydroxylamine groups is 2. The van der Waals surface area contributed by atoms with Crippen molar-refractivity contribution in [2.45, 2.75) is 143 Å². The van der Waals surface area contributed by atoms with Gasteiger partial charge < -0.3 is 24.6 Å². The molecule has 1 atom stereocenters. The lowest BCUT2D eigenvalue weighted by Crippen LogP contribution is -2.39. The SMILES string of the molecule is CCCCCCCCCCCCC(CC(=O)OC(C)(C)C)C(=O)N(CCC)OCCOCCOCCCNC(=O)CCC(=O)O. The van der Waals surface area contributed by atoms with E-state index in [1.807, 2.05) is 27.7 Å². The Hall–Kier alpha value is -2.24. The molecule has 1 unspecified atom stereocenters. The van der Waals surface area contributed by atoms with E-state index in [0.29, 0.717) is 45.8 Å². The van der Waals surface area contributed by atoms with Crippen LogP contribution in [0.5, 0.6) is 0 Å². The van der Waals surface area contributed by atoms with Crippen molar-refractivity contribution in [3.05, 3.63) is 0 Å². The van der Waals surface area contributed by atoms with Crippen LogP contribution in [-0.4, -0.2) is 85.6 Å². The number of aliphatic carboxylic acids is 1. The quantitative estimate of drug-likeness (QED) is 0.0530. The summed E-state index contributed by atoms with van der Waals surface area (Å²) in [5, 5.41) is 12.6. The van der Waals surface area contributed by atoms with Crippen LogP contribution >= 0.6 is 0 Å². The van der Waals surface area contributed by atoms with Crippen LogP contribution in [0.2, 0.25) is 0 Å². The first kappa shape index (κ1) is 42.8. The fraction of sp³-hybridized carbons (Fsp3) is 0.882. The molecule has 0 bridgehead atoms. The van der Waals surface area contributed by atoms with Gasteiger partial charge in [-0.25, -0.2) is 5.06 Å². The predicted octanol–water partition coefficient (Wildman–Crippen LogP) is 6.22. The zero-order chi connectivity index (χ0) is 33.8. The molecule has 11 nitrogen and oxygen atoms in total. The lowest BCUT2D eigenvalue weighted by molar-refractivity contribution is -0.197. The number of unbranched alkanes of at least 4 members (excludes halogenated alkanes) is 9. The van der Waals surface area contributed by atoms with Gasteiger partial charge in [-0.05, 0) is 40.0 Å². The molecular weight excluding hydrogens is 580 g/mol. The normalized spacial score (nSPS) is 12.1. The molecule has 2 amide bonds. The van der Waals surface area contributed by atoms with E-state index in [9.17, 15) is 19.2 Å². The summed E-state index contributed by atoms with van der Waals surface area (Å²) in [5.74, 6) is -2.32. The zero-order valence-electron chi connectivity index (χ0n) is 29.0. The van der Waals surface area contributed by atoms with Gasteiger partial charge in [-0.1, -0.05) is 78.1 Å². The van der Waals surface area contributed by atoms with Gasteiger partial charge in [0.2, 0.25) is 11.8 Å². The van der Waals surface area contributed by atoms with Gasteiger partial charge in [-0.15, -0.1) is 0 Å². The molecule has 2 N–H and O–H groups in total. The fourth-order valence-corrected chi connectivity index (χ4v) is 4.66. The lowest BCUT2D eigenvalue weighted by atomic mass is 9.95. The number of carboxylic acid groups (broad SMARTS) is 1. The summed E-state index contributed by atoms with van der Waals surface area (Å²) < 4.78 is 16.6. The number of rotatable bonds is 30. The Labute approximate surface area is 272 Å². The summed E-state index contributed by atoms with van der Waals surface area (Å²) in [6, 6.07) is 0. The predicted molar refractivity (Wildman–Crippen MR) is 175 cm³/mol. The summed E-state index contributed by atoms with van der Waals surface area (Å²) in [4.78, 5) is 53.9. The third-order valence-corrected chi connectivity index (χ3v) is 6.96. The van der Waals surface area contributed by atoms with Gasteiger partial charge in [0.1, 0.15) is 5.60 Å². The van der Waals surface area contributed by atoms with E-state index in [-0.39, 0.29) is 50.3 Å². The summed E-state index contributed by atoms with van der Waals surface area (Å²) in [7, 11) is 0. The third-order valence-electron chi connectivity index (χ3n) is 6.96. The van der Waals surface area contributed by atoms with Crippen LogP contribution in [-0.2, 0) is 38.2 Å². The van der Waals surface area contributed by atoms with E-state index in [0.717, 1.165) is 25.7 Å². The van der Waals surface area contributed by atoms with Gasteiger partial charge in [0.05, 0.1) is 45.2 Å². The van der Waals surface area contributed by atoms with Gasteiger partial charge in [0, 0.05) is 26.1 Å². The van der Waals surface area contributed by atoms with E-state index < -0.39 is 17.5 Å². The highest BCUT2D eigenvalue weighted by atomic mass is 16.7. The number of hydrogen-bond donors (Lipinski definition) is 2. The van der Waals surface area contributed by atoms with Crippen molar-refractivity contribution in [1.29, 1.82) is 0 Å². The number of ether oxygens (including phenoxy) is 3. The van der Waals surface area contributed by atoms with Crippen LogP contribution in [0.4, 0.5) is 0 Å². The molecule has 0 saturated carbocycles. The zero-order valence-corrected chi connectivity index (χ0v) is 29.0. The number of carboxylic acids is 1. The molecule has 11 heteroatoms. The standard InChI is InChI=1S/C34H64N2O9/c1-6-8-9-10-11-12-13-14-15-16-18-29(28-32(40)45-34(3,4)5)33(41)36(22-7-2)44-27-26-43-25-24-42-23-17-21-35-30(37)19-20-31(38)39/h29H,6-28H2,1-5H3,(H,35,37)(H,38,39). The molecule has 0 aliphatic carbocycles. The lowest BCUT2D eigenvalue weighted by Gasteiger charge is -2.27. The maximum atomic E-state index is 13.5. The van der Waals surface area contributed by atoms with E-state index >= 15 is 0 Å². The van der Waals surface area contributed by atoms with Crippen molar-refractivity contribution in [2.75, 3.05) is 46.1 Å². The molecule has 0 rings (SSSR count). The number of nitrogens with one attached hydrogen (secondary N) is 1. The molecule has 0 aromatic rings. The molecule has 45 heavy (non-hydrogen) atoms. The van der Waals surface area contributed by atoms with Gasteiger partial charge in [-0.2, -0.15) is 0 Å². The van der Waals surface area contributed by atoms with Gasteiger partial charge in [0.15, 0.2) is 0 Å². The Morgan fingerprint density at radius 1 is 0.733 bits per heavy atom. The van der Waals surface area contributed by atoms with Crippen LogP contribution in [0.3, 0.4) is 0 Å². The highest BCUT2D eigenvalue weighted by Gasteiger charge is 2.29. The molecule has 0 aliphatic rings. The number of nitrogens with zero attached hydrogens (tertiary/aromatic N) is 1. The van der Waals surface area contributed by atoms with Crippen LogP contribution < -0.4 is 5.32 Å². The Bertz CT molecular complexity index is 786. The first-order valence-electron chi connectivity index (χ1n) is 17.3. The maximum absolute atomic E-state index is 13.5. The molecule has 0 aromatic heterocycles. The minimum atomic E-state index is -0.995. The summed E-state index contributed by atoms with van der Waals surface area (Å²) >= 11 is 0. The average molecular weight is 645 g/mol. The fourth-order valence-electron chi connectivity index (χ4n) is 4.66. The van der Waals surface area contributed by atoms with Crippen LogP contribution in [0.25, 0.3) is 0 Å². The topological polar surface area (TPSA) is 141 Å². The maximum Gasteiger partial charge on any atom is 0.307 e. The van der Waals surface area contributed by atoms with Crippen molar-refractivity contribution in [3.8, 4) is 0 Å². The molecule has 264 valence electrons. The van der Waals surface area contributed by atoms with E-state index in [2.05, 4.69) is 12.2 Å². The number of esters is 1. The monoisotopic (exact) mass is 644 g/mol. The number of hydrogen-bond acceptors (Lipinski definition) is 8. The summed E-state index contributed by atoms with van der Waals surface area (Å²) in [6.45, 7) is 12.2. The van der Waals surface area contributed by atoms with Crippen molar-refractivity contribution >= 4 is 23.8 Å². The van der Waals surface area contributed by atoms with Crippen molar-refractivity contribution < 1.29 is 43.3 Å². The average Bonchev–Trinajstić information content (AvgIpc) is 2.97. The first-order chi connectivity index (χ1) is 21.5. The smallest absolute Gasteiger partial charge is 0.307 e. The Morgan fingerprint density at radius 3 is 1.89 bits per heavy atom. The second kappa shape index (κ2) is 28.0. The van der Waals surface area contributed by atoms with Crippen LogP contribution in [0.15, 0.2) is 0 Å². The molecular formula is C34H64N2O9. The third kappa shape index (κ3) is 27.8. The van der Waals surface area contributed by atoms with E-state index in [4.69, 9.17) is 24.2 Å². The van der Waals surface area contributed by atoms with Crippen LogP contribution in [0.1, 0.15) is 137 Å². The van der Waals surface area contributed by atoms with Gasteiger partial charge >= 0.3 is 11.9 Å². The van der Waals surface area contributed by atoms with Crippen LogP contribution in [0, 0.1) is 5.92 Å². The number of carbonyl (C=O) groups is 4. The molecule has 0 saturated heterocycles. The molecule has 0 heterocycles. The minimum absolute atomic E-state index is 0.0306. The minimum Gasteiger partial charge on any atom is -0.481 e. The molecule has 0 fully saturated rings. The van der Waals surface area contributed by atoms with Gasteiger partial charge in [-0.3, -0.25) is 24.0 Å². The first-order valence-corrected chi connectivity index (χ1v) is 17.3. The Balaban J connectivity index is 4.47. The highest BCUT2D eigenvalue weighted by Crippen LogP contribution is 2.21. The van der Waals surface area contributed by atoms with Gasteiger partial charge in [0.25, 0.3) is 0 Å². The summed E-state index contributed by atoms with van der Waals surface area (Å²) in [6.07, 6.45) is 13.8. The van der Waals surface area contributed by atoms with E-state index in [1.54, 1.807) is 0 Å². The van der Waals surface area contributed by atoms with Crippen molar-refractivity contribution in [3.63, 3.8) is 0 Å². The molecule has 0 aliphatic heterocycles. The highest BCUT2D eigenvalue weighted by molar-refractivity contribution is 5.83. The van der Waals surface area contributed by atoms with Crippen molar-refractivity contribution in [1.82, 2.24) is 10.4 Å². The number of carbonyl (C=O) groups excluding carboxylic acids is 3. The Kier molecular flexibility index (Phi) is 26.6. The number of amides is 2.